The Balaban J connectivity index is 2.50. The van der Waals surface area contributed by atoms with Gasteiger partial charge in [-0.25, -0.2) is 0 Å². The first-order valence-electron chi connectivity index (χ1n) is 3.24. The first-order valence-corrected chi connectivity index (χ1v) is 6.94. The normalized spacial score (nSPS) is 11.2. The largest absolute Gasteiger partial charge is 0.483 e. The minimum Gasteiger partial charge on any atom is -0.483 e. The molecular weight excluding hydrogens is 218 g/mol. The Morgan fingerprint density at radius 1 is 1.25 bits per heavy atom. The second kappa shape index (κ2) is 4.18. The molecule has 5 heteroatoms. The topological polar surface area (TPSA) is 26.3 Å². The lowest BCUT2D eigenvalue weighted by atomic mass is 10.3. The molecular formula is C7H7Cl2O2P. The zero-order valence-corrected chi connectivity index (χ0v) is 8.52. The first kappa shape index (κ1) is 9.91. The number of ether oxygens (including phenoxy) is 1. The average molecular weight is 225 g/mol. The molecule has 0 fully saturated rings. The Kier molecular flexibility index (Phi) is 3.45. The van der Waals surface area contributed by atoms with Gasteiger partial charge in [0.2, 0.25) is 0 Å². The molecule has 66 valence electrons. The van der Waals surface area contributed by atoms with Gasteiger partial charge in [0.25, 0.3) is 5.85 Å². The van der Waals surface area contributed by atoms with Gasteiger partial charge in [0, 0.05) is 0 Å². The second-order valence-corrected chi connectivity index (χ2v) is 7.35. The van der Waals surface area contributed by atoms with E-state index in [1.54, 1.807) is 12.1 Å². The van der Waals surface area contributed by atoms with Crippen LogP contribution in [0.5, 0.6) is 5.75 Å². The van der Waals surface area contributed by atoms with Crippen molar-refractivity contribution in [2.24, 2.45) is 0 Å². The van der Waals surface area contributed by atoms with Gasteiger partial charge in [-0.1, -0.05) is 18.2 Å². The molecule has 0 aliphatic heterocycles. The van der Waals surface area contributed by atoms with Crippen molar-refractivity contribution in [1.29, 1.82) is 0 Å². The van der Waals surface area contributed by atoms with E-state index in [9.17, 15) is 4.57 Å². The van der Waals surface area contributed by atoms with Gasteiger partial charge < -0.3 is 4.74 Å². The summed E-state index contributed by atoms with van der Waals surface area (Å²) in [5.41, 5.74) is 0. The average Bonchev–Trinajstić information content (AvgIpc) is 2.02. The molecule has 12 heavy (non-hydrogen) atoms. The highest BCUT2D eigenvalue weighted by Gasteiger charge is 2.13. The molecule has 0 aromatic heterocycles. The van der Waals surface area contributed by atoms with E-state index < -0.39 is 5.85 Å². The summed E-state index contributed by atoms with van der Waals surface area (Å²) in [5.74, 6) is -2.50. The Morgan fingerprint density at radius 3 is 2.33 bits per heavy atom. The minimum atomic E-state index is -3.11. The molecule has 0 aliphatic carbocycles. The van der Waals surface area contributed by atoms with Crippen LogP contribution in [0.1, 0.15) is 0 Å². The van der Waals surface area contributed by atoms with E-state index in [0.717, 1.165) is 0 Å². The van der Waals surface area contributed by atoms with Gasteiger partial charge in [-0.05, 0) is 34.6 Å². The summed E-state index contributed by atoms with van der Waals surface area (Å²) in [6, 6.07) is 8.95. The maximum absolute atomic E-state index is 10.8. The van der Waals surface area contributed by atoms with Crippen molar-refractivity contribution in [3.8, 4) is 5.75 Å². The number of benzene rings is 1. The highest BCUT2D eigenvalue weighted by atomic mass is 35.9. The Morgan fingerprint density at radius 2 is 1.83 bits per heavy atom. The molecule has 0 heterocycles. The van der Waals surface area contributed by atoms with Gasteiger partial charge >= 0.3 is 0 Å². The van der Waals surface area contributed by atoms with Crippen molar-refractivity contribution < 1.29 is 9.30 Å². The lowest BCUT2D eigenvalue weighted by molar-refractivity contribution is 0.382. The monoisotopic (exact) mass is 224 g/mol. The van der Waals surface area contributed by atoms with Crippen LogP contribution in [0.4, 0.5) is 0 Å². The first-order chi connectivity index (χ1) is 5.58. The fraction of sp³-hybridized carbons (Fsp3) is 0.143. The van der Waals surface area contributed by atoms with E-state index in [4.69, 9.17) is 27.2 Å². The van der Waals surface area contributed by atoms with Crippen molar-refractivity contribution in [1.82, 2.24) is 0 Å². The van der Waals surface area contributed by atoms with Crippen molar-refractivity contribution in [2.75, 3.05) is 6.35 Å². The summed E-state index contributed by atoms with van der Waals surface area (Å²) in [7, 11) is 0. The lowest BCUT2D eigenvalue weighted by Gasteiger charge is -2.05. The van der Waals surface area contributed by atoms with Crippen molar-refractivity contribution in [3.05, 3.63) is 30.3 Å². The molecule has 0 saturated heterocycles. The SMILES string of the molecule is O=P(Cl)(Cl)COc1ccccc1. The van der Waals surface area contributed by atoms with Crippen molar-refractivity contribution in [2.45, 2.75) is 0 Å². The van der Waals surface area contributed by atoms with Crippen LogP contribution in [0.2, 0.25) is 0 Å². The van der Waals surface area contributed by atoms with Crippen LogP contribution < -0.4 is 4.74 Å². The maximum Gasteiger partial charge on any atom is 0.289 e. The van der Waals surface area contributed by atoms with Crippen LogP contribution >= 0.6 is 28.3 Å². The van der Waals surface area contributed by atoms with E-state index in [0.29, 0.717) is 5.75 Å². The van der Waals surface area contributed by atoms with Crippen LogP contribution in [-0.2, 0) is 4.57 Å². The standard InChI is InChI=1S/C7H7Cl2O2P/c8-12(9,10)6-11-7-4-2-1-3-5-7/h1-5H,6H2. The summed E-state index contributed by atoms with van der Waals surface area (Å²) in [6.45, 7) is 0. The van der Waals surface area contributed by atoms with E-state index in [-0.39, 0.29) is 6.35 Å². The zero-order chi connectivity index (χ0) is 9.03. The van der Waals surface area contributed by atoms with Gasteiger partial charge in [-0.3, -0.25) is 4.57 Å². The third kappa shape index (κ3) is 4.01. The Labute approximate surface area is 80.4 Å². The van der Waals surface area contributed by atoms with Crippen LogP contribution in [-0.4, -0.2) is 6.35 Å². The molecule has 0 bridgehead atoms. The Bertz CT molecular complexity index is 283. The molecule has 0 amide bonds. The summed E-state index contributed by atoms with van der Waals surface area (Å²) in [6.07, 6.45) is -0.153. The van der Waals surface area contributed by atoms with Crippen molar-refractivity contribution >= 4 is 28.3 Å². The van der Waals surface area contributed by atoms with Gasteiger partial charge in [0.15, 0.2) is 6.35 Å². The molecule has 0 saturated carbocycles. The van der Waals surface area contributed by atoms with Crippen LogP contribution in [0.15, 0.2) is 30.3 Å². The van der Waals surface area contributed by atoms with Gasteiger partial charge in [0.1, 0.15) is 5.75 Å². The van der Waals surface area contributed by atoms with E-state index in [1.807, 2.05) is 18.2 Å². The minimum absolute atomic E-state index is 0.153. The molecule has 0 spiro atoms. The number of rotatable bonds is 3. The predicted octanol–water partition coefficient (Wildman–Crippen LogP) is 3.69. The highest BCUT2D eigenvalue weighted by molar-refractivity contribution is 8.08. The summed E-state index contributed by atoms with van der Waals surface area (Å²) in [5, 5.41) is 0. The van der Waals surface area contributed by atoms with Gasteiger partial charge in [-0.2, -0.15) is 0 Å². The maximum atomic E-state index is 10.8. The fourth-order valence-electron chi connectivity index (χ4n) is 0.666. The van der Waals surface area contributed by atoms with E-state index in [1.165, 1.54) is 0 Å². The van der Waals surface area contributed by atoms with Crippen LogP contribution in [0.25, 0.3) is 0 Å². The number of para-hydroxylation sites is 1. The molecule has 2 nitrogen and oxygen atoms in total. The van der Waals surface area contributed by atoms with Crippen LogP contribution in [0, 0.1) is 0 Å². The number of hydrogen-bond donors (Lipinski definition) is 0. The lowest BCUT2D eigenvalue weighted by Crippen LogP contribution is -1.91. The van der Waals surface area contributed by atoms with Crippen molar-refractivity contribution in [3.63, 3.8) is 0 Å². The second-order valence-electron chi connectivity index (χ2n) is 2.16. The van der Waals surface area contributed by atoms with E-state index >= 15 is 0 Å². The number of halogens is 2. The molecule has 1 rings (SSSR count). The highest BCUT2D eigenvalue weighted by Crippen LogP contribution is 2.56. The third-order valence-electron chi connectivity index (χ3n) is 1.12. The zero-order valence-electron chi connectivity index (χ0n) is 6.11. The quantitative estimate of drug-likeness (QED) is 0.733. The van der Waals surface area contributed by atoms with Crippen LogP contribution in [0.3, 0.4) is 0 Å². The molecule has 0 unspecified atom stereocenters. The molecule has 0 radical (unpaired) electrons. The molecule has 0 aliphatic rings. The fourth-order valence-corrected chi connectivity index (χ4v) is 1.26. The summed E-state index contributed by atoms with van der Waals surface area (Å²) >= 11 is 10.6. The number of hydrogen-bond acceptors (Lipinski definition) is 2. The summed E-state index contributed by atoms with van der Waals surface area (Å²) in [4.78, 5) is 0. The molecule has 1 aromatic rings. The van der Waals surface area contributed by atoms with E-state index in [2.05, 4.69) is 0 Å². The summed E-state index contributed by atoms with van der Waals surface area (Å²) < 4.78 is 15.8. The smallest absolute Gasteiger partial charge is 0.289 e. The molecule has 1 aromatic carbocycles. The predicted molar refractivity (Wildman–Crippen MR) is 51.2 cm³/mol. The Hall–Kier alpha value is -0.170. The molecule has 0 atom stereocenters. The molecule has 0 N–H and O–H groups in total. The van der Waals surface area contributed by atoms with Gasteiger partial charge in [-0.15, -0.1) is 0 Å². The van der Waals surface area contributed by atoms with Gasteiger partial charge in [0.05, 0.1) is 0 Å². The third-order valence-corrected chi connectivity index (χ3v) is 2.14.